The van der Waals surface area contributed by atoms with Crippen molar-refractivity contribution in [2.45, 2.75) is 39.5 Å². The highest BCUT2D eigenvalue weighted by molar-refractivity contribution is 5.83. The van der Waals surface area contributed by atoms with E-state index >= 15 is 0 Å². The Morgan fingerprint density at radius 1 is 1.39 bits per heavy atom. The fourth-order valence-electron chi connectivity index (χ4n) is 2.50. The Morgan fingerprint density at radius 2 is 2.00 bits per heavy atom. The van der Waals surface area contributed by atoms with E-state index in [9.17, 15) is 9.59 Å². The van der Waals surface area contributed by atoms with E-state index < -0.39 is 11.9 Å². The normalized spacial score (nSPS) is 20.1. The van der Waals surface area contributed by atoms with Crippen LogP contribution in [0.15, 0.2) is 0 Å². The first kappa shape index (κ1) is 15.0. The number of rotatable bonds is 6. The molecule has 1 atom stereocenters. The minimum atomic E-state index is -0.870. The first-order chi connectivity index (χ1) is 8.52. The predicted molar refractivity (Wildman–Crippen MR) is 69.3 cm³/mol. The molecule has 18 heavy (non-hydrogen) atoms. The highest BCUT2D eigenvalue weighted by Gasteiger charge is 2.38. The summed E-state index contributed by atoms with van der Waals surface area (Å²) in [6.45, 7) is 5.63. The summed E-state index contributed by atoms with van der Waals surface area (Å²) in [4.78, 5) is 23.0. The lowest BCUT2D eigenvalue weighted by Crippen LogP contribution is -2.48. The SMILES string of the molecule is CCCC1(C(=O)NCC(C)C(=O)O)CCNCC1. The van der Waals surface area contributed by atoms with Crippen LogP contribution in [0.25, 0.3) is 0 Å². The van der Waals surface area contributed by atoms with Gasteiger partial charge < -0.3 is 15.7 Å². The molecule has 5 nitrogen and oxygen atoms in total. The Balaban J connectivity index is 2.57. The Hall–Kier alpha value is -1.10. The summed E-state index contributed by atoms with van der Waals surface area (Å²) < 4.78 is 0. The lowest BCUT2D eigenvalue weighted by atomic mass is 9.74. The minimum absolute atomic E-state index is 0.0268. The van der Waals surface area contributed by atoms with E-state index in [4.69, 9.17) is 5.11 Å². The van der Waals surface area contributed by atoms with Crippen LogP contribution in [0, 0.1) is 11.3 Å². The van der Waals surface area contributed by atoms with Gasteiger partial charge in [-0.2, -0.15) is 0 Å². The number of hydrogen-bond donors (Lipinski definition) is 3. The van der Waals surface area contributed by atoms with E-state index in [-0.39, 0.29) is 17.9 Å². The number of amides is 1. The zero-order valence-corrected chi connectivity index (χ0v) is 11.3. The fraction of sp³-hybridized carbons (Fsp3) is 0.846. The molecule has 0 saturated carbocycles. The van der Waals surface area contributed by atoms with Gasteiger partial charge in [0.2, 0.25) is 5.91 Å². The molecule has 5 heteroatoms. The first-order valence-corrected chi connectivity index (χ1v) is 6.73. The van der Waals surface area contributed by atoms with Crippen LogP contribution in [0.2, 0.25) is 0 Å². The van der Waals surface area contributed by atoms with Gasteiger partial charge in [-0.3, -0.25) is 9.59 Å². The summed E-state index contributed by atoms with van der Waals surface area (Å²) in [6, 6.07) is 0. The van der Waals surface area contributed by atoms with Crippen LogP contribution in [-0.4, -0.2) is 36.6 Å². The number of carbonyl (C=O) groups excluding carboxylic acids is 1. The summed E-state index contributed by atoms with van der Waals surface area (Å²) >= 11 is 0. The zero-order valence-electron chi connectivity index (χ0n) is 11.3. The van der Waals surface area contributed by atoms with Crippen LogP contribution in [0.5, 0.6) is 0 Å². The Morgan fingerprint density at radius 3 is 2.50 bits per heavy atom. The van der Waals surface area contributed by atoms with Gasteiger partial charge in [0.05, 0.1) is 11.3 Å². The first-order valence-electron chi connectivity index (χ1n) is 6.73. The van der Waals surface area contributed by atoms with Crippen molar-refractivity contribution in [2.24, 2.45) is 11.3 Å². The third-order valence-electron chi connectivity index (χ3n) is 3.76. The molecular formula is C13H24N2O3. The molecule has 1 fully saturated rings. The standard InChI is InChI=1S/C13H24N2O3/c1-3-4-13(5-7-14-8-6-13)12(18)15-9-10(2)11(16)17/h10,14H,3-9H2,1-2H3,(H,15,18)(H,16,17). The predicted octanol–water partition coefficient (Wildman–Crippen LogP) is 0.993. The average Bonchev–Trinajstić information content (AvgIpc) is 2.36. The maximum Gasteiger partial charge on any atom is 0.308 e. The highest BCUT2D eigenvalue weighted by Crippen LogP contribution is 2.34. The monoisotopic (exact) mass is 256 g/mol. The molecule has 104 valence electrons. The largest absolute Gasteiger partial charge is 0.481 e. The molecule has 1 amide bonds. The molecule has 1 saturated heterocycles. The number of piperidine rings is 1. The second-order valence-electron chi connectivity index (χ2n) is 5.23. The molecular weight excluding hydrogens is 232 g/mol. The number of carbonyl (C=O) groups is 2. The molecule has 0 radical (unpaired) electrons. The number of aliphatic carboxylic acids is 1. The van der Waals surface area contributed by atoms with Gasteiger partial charge in [0.15, 0.2) is 0 Å². The topological polar surface area (TPSA) is 78.4 Å². The van der Waals surface area contributed by atoms with Gasteiger partial charge in [0.1, 0.15) is 0 Å². The maximum atomic E-state index is 12.3. The van der Waals surface area contributed by atoms with E-state index in [1.165, 1.54) is 0 Å². The Bertz CT molecular complexity index is 293. The van der Waals surface area contributed by atoms with Gasteiger partial charge in [-0.05, 0) is 32.4 Å². The zero-order chi connectivity index (χ0) is 13.6. The molecule has 1 heterocycles. The van der Waals surface area contributed by atoms with Crippen molar-refractivity contribution in [3.8, 4) is 0 Å². The van der Waals surface area contributed by atoms with E-state index in [1.807, 2.05) is 0 Å². The smallest absolute Gasteiger partial charge is 0.308 e. The minimum Gasteiger partial charge on any atom is -0.481 e. The van der Waals surface area contributed by atoms with Crippen LogP contribution >= 0.6 is 0 Å². The molecule has 0 aromatic carbocycles. The van der Waals surface area contributed by atoms with Crippen molar-refractivity contribution in [1.29, 1.82) is 0 Å². The summed E-state index contributed by atoms with van der Waals surface area (Å²) in [6.07, 6.45) is 3.53. The molecule has 0 aromatic heterocycles. The number of nitrogens with one attached hydrogen (secondary N) is 2. The van der Waals surface area contributed by atoms with Gasteiger partial charge in [-0.25, -0.2) is 0 Å². The molecule has 1 aliphatic heterocycles. The van der Waals surface area contributed by atoms with E-state index in [0.29, 0.717) is 0 Å². The Labute approximate surface area is 108 Å². The van der Waals surface area contributed by atoms with Crippen LogP contribution in [0.1, 0.15) is 39.5 Å². The second kappa shape index (κ2) is 6.73. The third-order valence-corrected chi connectivity index (χ3v) is 3.76. The van der Waals surface area contributed by atoms with Crippen molar-refractivity contribution in [2.75, 3.05) is 19.6 Å². The van der Waals surface area contributed by atoms with Crippen molar-refractivity contribution in [1.82, 2.24) is 10.6 Å². The summed E-state index contributed by atoms with van der Waals surface area (Å²) in [7, 11) is 0. The van der Waals surface area contributed by atoms with Crippen LogP contribution in [-0.2, 0) is 9.59 Å². The lowest BCUT2D eigenvalue weighted by molar-refractivity contribution is -0.141. The number of hydrogen-bond acceptors (Lipinski definition) is 3. The third kappa shape index (κ3) is 3.70. The lowest BCUT2D eigenvalue weighted by Gasteiger charge is -2.36. The van der Waals surface area contributed by atoms with Gasteiger partial charge >= 0.3 is 5.97 Å². The summed E-state index contributed by atoms with van der Waals surface area (Å²) in [5, 5.41) is 14.9. The summed E-state index contributed by atoms with van der Waals surface area (Å²) in [5.74, 6) is -1.38. The van der Waals surface area contributed by atoms with Crippen LogP contribution in [0.3, 0.4) is 0 Å². The van der Waals surface area contributed by atoms with E-state index in [0.717, 1.165) is 38.8 Å². The van der Waals surface area contributed by atoms with Gasteiger partial charge in [-0.15, -0.1) is 0 Å². The van der Waals surface area contributed by atoms with Gasteiger partial charge in [0.25, 0.3) is 0 Å². The van der Waals surface area contributed by atoms with Crippen molar-refractivity contribution < 1.29 is 14.7 Å². The molecule has 0 aliphatic carbocycles. The van der Waals surface area contributed by atoms with Crippen molar-refractivity contribution in [3.63, 3.8) is 0 Å². The van der Waals surface area contributed by atoms with Crippen molar-refractivity contribution in [3.05, 3.63) is 0 Å². The van der Waals surface area contributed by atoms with Crippen molar-refractivity contribution >= 4 is 11.9 Å². The van der Waals surface area contributed by atoms with E-state index in [2.05, 4.69) is 17.6 Å². The molecule has 1 aliphatic rings. The maximum absolute atomic E-state index is 12.3. The molecule has 1 rings (SSSR count). The second-order valence-corrected chi connectivity index (χ2v) is 5.23. The fourth-order valence-corrected chi connectivity index (χ4v) is 2.50. The Kier molecular flexibility index (Phi) is 5.59. The molecule has 0 spiro atoms. The highest BCUT2D eigenvalue weighted by atomic mass is 16.4. The van der Waals surface area contributed by atoms with Crippen LogP contribution < -0.4 is 10.6 Å². The molecule has 3 N–H and O–H groups in total. The van der Waals surface area contributed by atoms with Gasteiger partial charge in [0, 0.05) is 6.54 Å². The van der Waals surface area contributed by atoms with E-state index in [1.54, 1.807) is 6.92 Å². The van der Waals surface area contributed by atoms with Gasteiger partial charge in [-0.1, -0.05) is 20.3 Å². The summed E-state index contributed by atoms with van der Waals surface area (Å²) in [5.41, 5.74) is -0.293. The quantitative estimate of drug-likeness (QED) is 0.662. The number of carboxylic acids is 1. The molecule has 0 aromatic rings. The average molecular weight is 256 g/mol. The molecule has 1 unspecified atom stereocenters. The van der Waals surface area contributed by atoms with Crippen LogP contribution in [0.4, 0.5) is 0 Å². The molecule has 0 bridgehead atoms. The number of carboxylic acid groups (broad SMARTS) is 1.